The van der Waals surface area contributed by atoms with Crippen molar-refractivity contribution in [1.29, 1.82) is 0 Å². The third-order valence-electron chi connectivity index (χ3n) is 8.77. The van der Waals surface area contributed by atoms with E-state index in [0.29, 0.717) is 24.2 Å². The van der Waals surface area contributed by atoms with E-state index in [4.69, 9.17) is 23.8 Å². The molecule has 2 aromatic heterocycles. The Hall–Kier alpha value is -3.94. The normalized spacial score (nSPS) is 30.1. The van der Waals surface area contributed by atoms with Crippen LogP contribution >= 0.6 is 0 Å². The molecule has 254 valence electrons. The molecule has 5 rings (SSSR count). The zero-order chi connectivity index (χ0) is 33.6. The molecule has 2 aromatic rings. The number of pyridine rings is 1. The average Bonchev–Trinajstić information content (AvgIpc) is 3.64. The fourth-order valence-corrected chi connectivity index (χ4v) is 6.03. The number of carbonyl (C=O) groups excluding carboxylic acids is 3. The summed E-state index contributed by atoms with van der Waals surface area (Å²) in [6.07, 6.45) is 13.4. The summed E-state index contributed by atoms with van der Waals surface area (Å²) in [6.45, 7) is 10.3. The minimum absolute atomic E-state index is 0.0301. The molecule has 0 radical (unpaired) electrons. The zero-order valence-corrected chi connectivity index (χ0v) is 27.7. The van der Waals surface area contributed by atoms with Gasteiger partial charge in [-0.25, -0.2) is 9.78 Å². The molecule has 3 saturated heterocycles. The summed E-state index contributed by atoms with van der Waals surface area (Å²) in [5.74, 6) is -0.814. The van der Waals surface area contributed by atoms with Gasteiger partial charge in [-0.1, -0.05) is 43.7 Å². The van der Waals surface area contributed by atoms with Gasteiger partial charge in [0.1, 0.15) is 5.52 Å². The Kier molecular flexibility index (Phi) is 11.2. The van der Waals surface area contributed by atoms with Crippen molar-refractivity contribution in [1.82, 2.24) is 25.5 Å². The van der Waals surface area contributed by atoms with Gasteiger partial charge in [0.2, 0.25) is 11.6 Å². The second kappa shape index (κ2) is 15.3. The van der Waals surface area contributed by atoms with Crippen molar-refractivity contribution < 1.29 is 38.2 Å². The number of esters is 1. The molecule has 1 spiro atoms. The van der Waals surface area contributed by atoms with Crippen molar-refractivity contribution in [2.24, 2.45) is 11.8 Å². The highest BCUT2D eigenvalue weighted by atomic mass is 16.7. The number of hydrogen-bond acceptors (Lipinski definition) is 11. The molecule has 13 nitrogen and oxygen atoms in total. The lowest BCUT2D eigenvalue weighted by Gasteiger charge is -2.39. The summed E-state index contributed by atoms with van der Waals surface area (Å²) < 4.78 is 23.4. The second-order valence-corrected chi connectivity index (χ2v) is 13.0. The first-order chi connectivity index (χ1) is 22.5. The number of nitrogens with one attached hydrogen (secondary N) is 1. The van der Waals surface area contributed by atoms with E-state index in [1.54, 1.807) is 24.4 Å². The van der Waals surface area contributed by atoms with Gasteiger partial charge in [-0.05, 0) is 60.9 Å². The smallest absolute Gasteiger partial charge is 0.337 e. The molecule has 3 aliphatic rings. The summed E-state index contributed by atoms with van der Waals surface area (Å²) in [7, 11) is 0. The SMILES string of the molecule is CC(=O)OC[C@@H](C)/C=C\C(=O)N[C@@H]1C[C@H](C)[C@H](C/C=C(C)/C=C/[C@@H]2C[C@]3(CO3)C[C@@H](CC(=O)On3nnc4cccnc43)O2)O[C@@H]1C. The fraction of sp³-hybridized carbons (Fsp3) is 0.588. The average molecular weight is 652 g/mol. The van der Waals surface area contributed by atoms with Crippen molar-refractivity contribution in [2.75, 3.05) is 13.2 Å². The monoisotopic (exact) mass is 651 g/mol. The molecule has 47 heavy (non-hydrogen) atoms. The third-order valence-corrected chi connectivity index (χ3v) is 8.77. The molecule has 3 fully saturated rings. The number of carbonyl (C=O) groups is 3. The molecule has 0 saturated carbocycles. The van der Waals surface area contributed by atoms with Gasteiger partial charge in [0.15, 0.2) is 0 Å². The second-order valence-electron chi connectivity index (χ2n) is 13.0. The molecule has 0 unspecified atom stereocenters. The van der Waals surface area contributed by atoms with Gasteiger partial charge in [0.05, 0.1) is 55.7 Å². The highest BCUT2D eigenvalue weighted by molar-refractivity contribution is 5.87. The molecule has 13 heteroatoms. The van der Waals surface area contributed by atoms with Crippen LogP contribution in [0.4, 0.5) is 0 Å². The molecular formula is C34H45N5O8. The van der Waals surface area contributed by atoms with Crippen LogP contribution in [0, 0.1) is 11.8 Å². The molecule has 0 bridgehead atoms. The van der Waals surface area contributed by atoms with Crippen LogP contribution in [0.5, 0.6) is 0 Å². The van der Waals surface area contributed by atoms with E-state index in [9.17, 15) is 14.4 Å². The van der Waals surface area contributed by atoms with Crippen LogP contribution in [0.2, 0.25) is 0 Å². The first-order valence-corrected chi connectivity index (χ1v) is 16.3. The number of allylic oxidation sites excluding steroid dienone is 2. The molecule has 1 amide bonds. The van der Waals surface area contributed by atoms with Crippen molar-refractivity contribution in [2.45, 2.75) is 103 Å². The van der Waals surface area contributed by atoms with Crippen LogP contribution in [0.1, 0.15) is 66.7 Å². The van der Waals surface area contributed by atoms with Crippen molar-refractivity contribution >= 4 is 29.0 Å². The Bertz CT molecular complexity index is 1510. The lowest BCUT2D eigenvalue weighted by Crippen LogP contribution is -2.50. The lowest BCUT2D eigenvalue weighted by atomic mass is 9.88. The minimum atomic E-state index is -0.482. The van der Waals surface area contributed by atoms with E-state index in [0.717, 1.165) is 29.7 Å². The van der Waals surface area contributed by atoms with Crippen molar-refractivity contribution in [3.8, 4) is 0 Å². The zero-order valence-electron chi connectivity index (χ0n) is 27.7. The summed E-state index contributed by atoms with van der Waals surface area (Å²) in [4.78, 5) is 46.8. The fourth-order valence-electron chi connectivity index (χ4n) is 6.03. The lowest BCUT2D eigenvalue weighted by molar-refractivity contribution is -0.152. The van der Waals surface area contributed by atoms with Crippen LogP contribution in [0.25, 0.3) is 11.2 Å². The summed E-state index contributed by atoms with van der Waals surface area (Å²) in [6, 6.07) is 3.39. The van der Waals surface area contributed by atoms with Gasteiger partial charge in [-0.2, -0.15) is 0 Å². The molecule has 0 aromatic carbocycles. The highest BCUT2D eigenvalue weighted by Gasteiger charge is 2.51. The van der Waals surface area contributed by atoms with Crippen LogP contribution in [-0.2, 0) is 33.3 Å². The number of nitrogens with zero attached hydrogens (tertiary/aromatic N) is 4. The Morgan fingerprint density at radius 1 is 1.19 bits per heavy atom. The number of epoxide rings is 1. The van der Waals surface area contributed by atoms with E-state index >= 15 is 0 Å². The van der Waals surface area contributed by atoms with Crippen LogP contribution in [0.3, 0.4) is 0 Å². The Balaban J connectivity index is 1.08. The van der Waals surface area contributed by atoms with Gasteiger partial charge < -0.3 is 29.1 Å². The van der Waals surface area contributed by atoms with Crippen LogP contribution < -0.4 is 10.2 Å². The van der Waals surface area contributed by atoms with E-state index < -0.39 is 5.97 Å². The molecule has 8 atom stereocenters. The summed E-state index contributed by atoms with van der Waals surface area (Å²) in [5.41, 5.74) is 1.73. The number of fused-ring (bicyclic) bond motifs is 1. The Morgan fingerprint density at radius 2 is 2.00 bits per heavy atom. The minimum Gasteiger partial charge on any atom is -0.465 e. The van der Waals surface area contributed by atoms with Crippen LogP contribution in [-0.4, -0.2) is 87.3 Å². The van der Waals surface area contributed by atoms with Crippen molar-refractivity contribution in [3.63, 3.8) is 0 Å². The van der Waals surface area contributed by atoms with Gasteiger partial charge in [-0.15, -0.1) is 5.10 Å². The number of amides is 1. The summed E-state index contributed by atoms with van der Waals surface area (Å²) >= 11 is 0. The number of aromatic nitrogens is 4. The number of rotatable bonds is 12. The molecular weight excluding hydrogens is 606 g/mol. The molecule has 1 N–H and O–H groups in total. The summed E-state index contributed by atoms with van der Waals surface area (Å²) in [5, 5.41) is 10.9. The maximum absolute atomic E-state index is 12.7. The predicted octanol–water partition coefficient (Wildman–Crippen LogP) is 3.43. The largest absolute Gasteiger partial charge is 0.465 e. The molecule has 0 aliphatic carbocycles. The van der Waals surface area contributed by atoms with Gasteiger partial charge >= 0.3 is 11.9 Å². The number of ether oxygens (including phenoxy) is 4. The third kappa shape index (κ3) is 9.78. The van der Waals surface area contributed by atoms with Gasteiger partial charge in [0, 0.05) is 31.9 Å². The molecule has 3 aliphatic heterocycles. The topological polar surface area (TPSA) is 156 Å². The molecule has 5 heterocycles. The quantitative estimate of drug-likeness (QED) is 0.118. The first-order valence-electron chi connectivity index (χ1n) is 16.3. The first kappa shape index (κ1) is 34.4. The number of hydrogen-bond donors (Lipinski definition) is 1. The Labute approximate surface area is 274 Å². The Morgan fingerprint density at radius 3 is 2.77 bits per heavy atom. The van der Waals surface area contributed by atoms with Gasteiger partial charge in [0.25, 0.3) is 0 Å². The van der Waals surface area contributed by atoms with Crippen molar-refractivity contribution in [3.05, 3.63) is 54.3 Å². The maximum Gasteiger partial charge on any atom is 0.337 e. The standard InChI is InChI=1S/C34H45N5O8/c1-21(9-12-30-23(3)15-29(24(4)45-30)36-31(41)13-10-22(2)19-43-25(5)40)8-11-26-17-34(20-44-34)18-27(46-26)16-32(42)47-39-33-28(37-38-39)7-6-14-35-33/h6-11,13-14,22-24,26-27,29-30H,12,15-20H2,1-5H3,(H,36,41)/b11-8+,13-10-,21-9+/t22-,23-,24+,26+,27+,29+,30-,34+/m0/s1. The van der Waals surface area contributed by atoms with Gasteiger partial charge in [-0.3, -0.25) is 9.59 Å². The van der Waals surface area contributed by atoms with E-state index in [1.807, 2.05) is 32.9 Å². The predicted molar refractivity (Wildman–Crippen MR) is 171 cm³/mol. The van der Waals surface area contributed by atoms with E-state index in [-0.39, 0.29) is 72.8 Å². The van der Waals surface area contributed by atoms with Crippen LogP contribution in [0.15, 0.2) is 54.3 Å². The van der Waals surface area contributed by atoms with E-state index in [1.165, 1.54) is 13.0 Å². The van der Waals surface area contributed by atoms with E-state index in [2.05, 4.69) is 33.6 Å². The highest BCUT2D eigenvalue weighted by Crippen LogP contribution is 2.43. The maximum atomic E-state index is 12.7.